The van der Waals surface area contributed by atoms with E-state index in [4.69, 9.17) is 4.98 Å². The van der Waals surface area contributed by atoms with Crippen molar-refractivity contribution in [1.82, 2.24) is 9.38 Å². The van der Waals surface area contributed by atoms with Crippen LogP contribution in [-0.4, -0.2) is 24.5 Å². The van der Waals surface area contributed by atoms with Crippen molar-refractivity contribution in [2.45, 2.75) is 0 Å². The van der Waals surface area contributed by atoms with Crippen molar-refractivity contribution in [3.8, 4) is 0 Å². The van der Waals surface area contributed by atoms with E-state index in [1.807, 2.05) is 0 Å². The van der Waals surface area contributed by atoms with Crippen LogP contribution >= 0.6 is 5.51 Å². The number of benzene rings is 6. The maximum atomic E-state index is 5.17. The Hall–Kier alpha value is -4.00. The molecule has 184 valence electrons. The Bertz CT molecular complexity index is 2210. The Morgan fingerprint density at radius 3 is 1.92 bits per heavy atom. The van der Waals surface area contributed by atoms with Crippen molar-refractivity contribution >= 4 is 85.6 Å². The zero-order valence-electron chi connectivity index (χ0n) is 21.0. The van der Waals surface area contributed by atoms with Gasteiger partial charge in [-0.05, 0) is 0 Å². The Morgan fingerprint density at radius 2 is 1.15 bits per heavy atom. The fraction of sp³-hybridized carbons (Fsp3) is 0. The van der Waals surface area contributed by atoms with Gasteiger partial charge in [-0.25, -0.2) is 0 Å². The van der Waals surface area contributed by atoms with Crippen LogP contribution in [-0.2, 0) is 0 Å². The summed E-state index contributed by atoms with van der Waals surface area (Å²) in [6.45, 7) is 0. The molecule has 6 aromatic carbocycles. The normalized spacial score (nSPS) is 12.2. The van der Waals surface area contributed by atoms with Crippen LogP contribution in [0.2, 0.25) is 0 Å². The summed E-state index contributed by atoms with van der Waals surface area (Å²) in [6, 6.07) is 50.5. The minimum absolute atomic E-state index is 1.00. The molecule has 0 aliphatic carbocycles. The molecule has 2 nitrogen and oxygen atoms in total. The van der Waals surface area contributed by atoms with Gasteiger partial charge in [-0.2, -0.15) is 0 Å². The number of rotatable bonds is 3. The molecule has 4 heteroatoms. The molecule has 0 bridgehead atoms. The number of fused-ring (bicyclic) bond motifs is 10. The molecule has 8 rings (SSSR count). The van der Waals surface area contributed by atoms with Crippen molar-refractivity contribution in [1.29, 1.82) is 0 Å². The van der Waals surface area contributed by atoms with E-state index in [0.717, 1.165) is 16.7 Å². The van der Waals surface area contributed by atoms with Crippen LogP contribution in [0.25, 0.3) is 49.1 Å². The van der Waals surface area contributed by atoms with Crippen LogP contribution in [0.5, 0.6) is 0 Å². The van der Waals surface area contributed by atoms with Gasteiger partial charge in [0.15, 0.2) is 0 Å². The van der Waals surface area contributed by atoms with Gasteiger partial charge in [0, 0.05) is 0 Å². The molecule has 0 saturated carbocycles. The third-order valence-electron chi connectivity index (χ3n) is 7.82. The van der Waals surface area contributed by atoms with Crippen molar-refractivity contribution < 1.29 is 0 Å². The molecule has 2 aromatic heterocycles. The van der Waals surface area contributed by atoms with Crippen LogP contribution < -0.4 is 15.9 Å². The average molecular weight is 582 g/mol. The quantitative estimate of drug-likeness (QED) is 0.121. The first kappa shape index (κ1) is 22.9. The molecule has 2 heterocycles. The Kier molecular flexibility index (Phi) is 5.15. The minimum atomic E-state index is -2.00. The van der Waals surface area contributed by atoms with Gasteiger partial charge in [0.05, 0.1) is 0 Å². The van der Waals surface area contributed by atoms with Gasteiger partial charge in [0.1, 0.15) is 0 Å². The molecule has 0 atom stereocenters. The van der Waals surface area contributed by atoms with E-state index in [0.29, 0.717) is 0 Å². The van der Waals surface area contributed by atoms with Gasteiger partial charge in [0.2, 0.25) is 0 Å². The summed E-state index contributed by atoms with van der Waals surface area (Å²) >= 11 is 3.73. The molecule has 8 aromatic rings. The molecule has 0 aliphatic heterocycles. The second-order valence-electron chi connectivity index (χ2n) is 9.95. The van der Waals surface area contributed by atoms with Crippen LogP contribution in [0.4, 0.5) is 0 Å². The van der Waals surface area contributed by atoms with E-state index >= 15 is 0 Å². The Morgan fingerprint density at radius 1 is 0.513 bits per heavy atom. The molecule has 0 saturated heterocycles. The third kappa shape index (κ3) is 3.35. The number of nitrogens with zero attached hydrogens (tertiary/aromatic N) is 2. The van der Waals surface area contributed by atoms with Gasteiger partial charge in [-0.3, -0.25) is 0 Å². The zero-order valence-corrected chi connectivity index (χ0v) is 23.6. The topological polar surface area (TPSA) is 17.3 Å². The summed E-state index contributed by atoms with van der Waals surface area (Å²) in [5, 5.41) is 10.1. The molecule has 39 heavy (non-hydrogen) atoms. The zero-order chi connectivity index (χ0) is 26.0. The monoisotopic (exact) mass is 582 g/mol. The summed E-state index contributed by atoms with van der Waals surface area (Å²) in [6.07, 6.45) is 0. The first-order valence-electron chi connectivity index (χ1n) is 13.1. The summed E-state index contributed by atoms with van der Waals surface area (Å²) in [7, 11) is 0. The maximum absolute atomic E-state index is 5.17. The summed E-state index contributed by atoms with van der Waals surface area (Å²) in [4.78, 5) is 5.17. The number of aromatic nitrogens is 2. The fourth-order valence-electron chi connectivity index (χ4n) is 6.02. The Labute approximate surface area is 233 Å². The van der Waals surface area contributed by atoms with Crippen molar-refractivity contribution in [2.75, 3.05) is 0 Å². The van der Waals surface area contributed by atoms with Gasteiger partial charge in [-0.1, -0.05) is 0 Å². The standard InChI is InChI=1S/C35H23N2PSe/c39-38(25-12-3-1-4-13-25,26-14-5-2-6-15-26)27-20-22-30-31(23-27)29-21-19-24-11-7-8-16-28(24)34(29)37-33-18-10-9-17-32(33)36-35(30)37/h1-23H. The second-order valence-corrected chi connectivity index (χ2v) is 16.2. The van der Waals surface area contributed by atoms with Crippen molar-refractivity contribution in [3.63, 3.8) is 0 Å². The summed E-state index contributed by atoms with van der Waals surface area (Å²) < 4.78 is 2.36. The first-order valence-corrected chi connectivity index (χ1v) is 17.1. The van der Waals surface area contributed by atoms with Crippen LogP contribution in [0.1, 0.15) is 0 Å². The van der Waals surface area contributed by atoms with Crippen LogP contribution in [0, 0.1) is 0 Å². The average Bonchev–Trinajstić information content (AvgIpc) is 3.41. The van der Waals surface area contributed by atoms with E-state index in [1.165, 1.54) is 48.4 Å². The number of hydrogen-bond donors (Lipinski definition) is 0. The summed E-state index contributed by atoms with van der Waals surface area (Å²) in [5.41, 5.74) is 2.37. The SMILES string of the molecule is [Se]=P(c1ccccc1)(c1ccccc1)c1ccc2c(c1)c1ccc3ccccc3c1n1c3ccccc3nc21. The molecule has 0 spiro atoms. The molecule has 0 fully saturated rings. The first-order chi connectivity index (χ1) is 19.2. The molecule has 0 radical (unpaired) electrons. The van der Waals surface area contributed by atoms with E-state index in [-0.39, 0.29) is 0 Å². The van der Waals surface area contributed by atoms with Crippen molar-refractivity contribution in [2.24, 2.45) is 0 Å². The van der Waals surface area contributed by atoms with E-state index in [1.54, 1.807) is 0 Å². The summed E-state index contributed by atoms with van der Waals surface area (Å²) in [5.74, 6) is 0. The van der Waals surface area contributed by atoms with E-state index in [9.17, 15) is 0 Å². The second kappa shape index (κ2) is 8.76. The predicted molar refractivity (Wildman–Crippen MR) is 170 cm³/mol. The fourth-order valence-corrected chi connectivity index (χ4v) is 10.9. The molecule has 0 aliphatic rings. The number of imidazole rings is 1. The number of para-hydroxylation sites is 2. The molecule has 0 unspecified atom stereocenters. The van der Waals surface area contributed by atoms with E-state index < -0.39 is 5.51 Å². The van der Waals surface area contributed by atoms with Crippen LogP contribution in [0.3, 0.4) is 0 Å². The number of pyridine rings is 1. The van der Waals surface area contributed by atoms with Gasteiger partial charge in [0.25, 0.3) is 0 Å². The van der Waals surface area contributed by atoms with Gasteiger partial charge in [-0.15, -0.1) is 0 Å². The van der Waals surface area contributed by atoms with Crippen LogP contribution in [0.15, 0.2) is 140 Å². The predicted octanol–water partition coefficient (Wildman–Crippen LogP) is 7.32. The van der Waals surface area contributed by atoms with E-state index in [2.05, 4.69) is 159 Å². The van der Waals surface area contributed by atoms with Gasteiger partial charge < -0.3 is 0 Å². The van der Waals surface area contributed by atoms with Gasteiger partial charge >= 0.3 is 235 Å². The molecule has 0 amide bonds. The number of hydrogen-bond acceptors (Lipinski definition) is 1. The third-order valence-corrected chi connectivity index (χ3v) is 14.9. The molecule has 0 N–H and O–H groups in total. The Balaban J connectivity index is 1.56. The molecular weight excluding hydrogens is 558 g/mol. The van der Waals surface area contributed by atoms with Crippen molar-refractivity contribution in [3.05, 3.63) is 140 Å². The molecular formula is C35H23N2PSe.